The number of carbonyl (C=O) groups excluding carboxylic acids is 1. The number of rotatable bonds is 6. The molecule has 31 heavy (non-hydrogen) atoms. The zero-order valence-corrected chi connectivity index (χ0v) is 18.8. The topological polar surface area (TPSA) is 89.5 Å². The minimum atomic E-state index is -0.325. The third-order valence-corrected chi connectivity index (χ3v) is 5.77. The van der Waals surface area contributed by atoms with Gasteiger partial charge in [0.15, 0.2) is 5.16 Å². The fraction of sp³-hybridized carbons (Fsp3) is 0.0909. The van der Waals surface area contributed by atoms with Crippen LogP contribution in [0.3, 0.4) is 0 Å². The quantitative estimate of drug-likeness (QED) is 0.186. The van der Waals surface area contributed by atoms with E-state index in [2.05, 4.69) is 31.4 Å². The van der Waals surface area contributed by atoms with Crippen LogP contribution < -0.4 is 11.0 Å². The molecule has 0 bridgehead atoms. The van der Waals surface area contributed by atoms with Crippen LogP contribution >= 0.6 is 27.7 Å². The van der Waals surface area contributed by atoms with Crippen LogP contribution in [0.15, 0.2) is 84.6 Å². The second-order valence-electron chi connectivity index (χ2n) is 6.56. The number of aromatic nitrogens is 2. The van der Waals surface area contributed by atoms with E-state index in [1.54, 1.807) is 24.3 Å². The number of amides is 1. The summed E-state index contributed by atoms with van der Waals surface area (Å²) in [6.07, 6.45) is 1.43. The number of aryl methyl sites for hydroxylation is 1. The monoisotopic (exact) mass is 496 g/mol. The number of nitrogens with one attached hydrogen (secondary N) is 1. The van der Waals surface area contributed by atoms with E-state index in [-0.39, 0.29) is 17.2 Å². The first-order valence-corrected chi connectivity index (χ1v) is 11.1. The Kier molecular flexibility index (Phi) is 6.34. The van der Waals surface area contributed by atoms with Crippen LogP contribution in [0, 0.1) is 6.92 Å². The van der Waals surface area contributed by atoms with E-state index < -0.39 is 0 Å². The van der Waals surface area contributed by atoms with E-state index in [9.17, 15) is 9.59 Å². The average Bonchev–Trinajstić information content (AvgIpc) is 3.18. The molecule has 2 aromatic carbocycles. The molecule has 0 radical (unpaired) electrons. The molecule has 0 unspecified atom stereocenters. The number of hydrogen-bond acceptors (Lipinski definition) is 6. The summed E-state index contributed by atoms with van der Waals surface area (Å²) >= 11 is 4.57. The van der Waals surface area contributed by atoms with Gasteiger partial charge in [0, 0.05) is 4.47 Å². The van der Waals surface area contributed by atoms with E-state index in [1.807, 2.05) is 43.3 Å². The molecule has 1 amide bonds. The van der Waals surface area contributed by atoms with Crippen LogP contribution in [0.4, 0.5) is 0 Å². The first kappa shape index (κ1) is 21.1. The minimum absolute atomic E-state index is 0.0375. The Bertz CT molecular complexity index is 1330. The lowest BCUT2D eigenvalue weighted by Gasteiger charge is -2.13. The molecule has 0 aliphatic carbocycles. The smallest absolute Gasteiger partial charge is 0.266 e. The van der Waals surface area contributed by atoms with Crippen LogP contribution in [-0.4, -0.2) is 27.4 Å². The van der Waals surface area contributed by atoms with Gasteiger partial charge in [0.05, 0.1) is 28.6 Å². The highest BCUT2D eigenvalue weighted by atomic mass is 79.9. The molecule has 2 heterocycles. The third-order valence-electron chi connectivity index (χ3n) is 4.30. The molecule has 0 atom stereocenters. The van der Waals surface area contributed by atoms with Gasteiger partial charge in [0.2, 0.25) is 0 Å². The zero-order chi connectivity index (χ0) is 21.8. The van der Waals surface area contributed by atoms with Crippen molar-refractivity contribution in [1.29, 1.82) is 0 Å². The first-order valence-electron chi connectivity index (χ1n) is 9.30. The first-order chi connectivity index (χ1) is 15.0. The van der Waals surface area contributed by atoms with Gasteiger partial charge >= 0.3 is 0 Å². The summed E-state index contributed by atoms with van der Waals surface area (Å²) in [5.74, 6) is 1.02. The molecule has 2 aromatic heterocycles. The number of halogens is 1. The highest BCUT2D eigenvalue weighted by Crippen LogP contribution is 2.22. The maximum absolute atomic E-state index is 13.2. The van der Waals surface area contributed by atoms with Crippen molar-refractivity contribution >= 4 is 50.7 Å². The number of furan rings is 1. The maximum atomic E-state index is 13.2. The SMILES string of the molecule is Cc1ccc(/C=N/NC(=O)CSc2nc3ccccc3c(=O)n2-c2ccc(Br)cc2)o1. The molecular formula is C22H17BrN4O3S. The van der Waals surface area contributed by atoms with Crippen LogP contribution in [0.25, 0.3) is 16.6 Å². The largest absolute Gasteiger partial charge is 0.460 e. The molecule has 156 valence electrons. The highest BCUT2D eigenvalue weighted by Gasteiger charge is 2.14. The molecular weight excluding hydrogens is 480 g/mol. The fourth-order valence-corrected chi connectivity index (χ4v) is 3.95. The number of hydrazone groups is 1. The van der Waals surface area contributed by atoms with E-state index in [1.165, 1.54) is 10.8 Å². The summed E-state index contributed by atoms with van der Waals surface area (Å²) in [7, 11) is 0. The van der Waals surface area contributed by atoms with E-state index >= 15 is 0 Å². The number of para-hydroxylation sites is 1. The van der Waals surface area contributed by atoms with Crippen molar-refractivity contribution in [1.82, 2.24) is 15.0 Å². The van der Waals surface area contributed by atoms with E-state index in [0.29, 0.717) is 27.5 Å². The van der Waals surface area contributed by atoms with Gasteiger partial charge in [-0.1, -0.05) is 39.8 Å². The Morgan fingerprint density at radius 1 is 1.19 bits per heavy atom. The molecule has 0 spiro atoms. The third kappa shape index (κ3) is 4.95. The lowest BCUT2D eigenvalue weighted by Crippen LogP contribution is -2.24. The van der Waals surface area contributed by atoms with Crippen molar-refractivity contribution in [2.24, 2.45) is 5.10 Å². The number of fused-ring (bicyclic) bond motifs is 1. The van der Waals surface area contributed by atoms with E-state index in [0.717, 1.165) is 22.0 Å². The van der Waals surface area contributed by atoms with Gasteiger partial charge in [-0.05, 0) is 55.5 Å². The number of thioether (sulfide) groups is 1. The van der Waals surface area contributed by atoms with Gasteiger partial charge in [-0.2, -0.15) is 5.10 Å². The van der Waals surface area contributed by atoms with Crippen LogP contribution in [0.5, 0.6) is 0 Å². The summed E-state index contributed by atoms with van der Waals surface area (Å²) in [5, 5.41) is 4.83. The normalized spacial score (nSPS) is 11.3. The Morgan fingerprint density at radius 3 is 2.71 bits per heavy atom. The molecule has 7 nitrogen and oxygen atoms in total. The van der Waals surface area contributed by atoms with Crippen LogP contribution in [0.1, 0.15) is 11.5 Å². The maximum Gasteiger partial charge on any atom is 0.266 e. The van der Waals surface area contributed by atoms with Crippen molar-refractivity contribution in [2.45, 2.75) is 12.1 Å². The average molecular weight is 497 g/mol. The van der Waals surface area contributed by atoms with Crippen molar-refractivity contribution < 1.29 is 9.21 Å². The lowest BCUT2D eigenvalue weighted by molar-refractivity contribution is -0.118. The molecule has 4 rings (SSSR count). The predicted octanol–water partition coefficient (Wildman–Crippen LogP) is 4.29. The number of benzene rings is 2. The van der Waals surface area contributed by atoms with E-state index in [4.69, 9.17) is 4.42 Å². The summed E-state index contributed by atoms with van der Waals surface area (Å²) in [5.41, 5.74) is 3.51. The van der Waals surface area contributed by atoms with Gasteiger partial charge < -0.3 is 4.42 Å². The molecule has 0 aliphatic rings. The minimum Gasteiger partial charge on any atom is -0.460 e. The highest BCUT2D eigenvalue weighted by molar-refractivity contribution is 9.10. The second-order valence-corrected chi connectivity index (χ2v) is 8.42. The number of carbonyl (C=O) groups is 1. The molecule has 1 N–H and O–H groups in total. The van der Waals surface area contributed by atoms with Crippen molar-refractivity contribution in [2.75, 3.05) is 5.75 Å². The van der Waals surface area contributed by atoms with Gasteiger partial charge in [-0.25, -0.2) is 10.4 Å². The Labute approximate surface area is 190 Å². The van der Waals surface area contributed by atoms with Gasteiger partial charge in [-0.15, -0.1) is 0 Å². The van der Waals surface area contributed by atoms with Gasteiger partial charge in [0.25, 0.3) is 11.5 Å². The Hall–Kier alpha value is -3.17. The predicted molar refractivity (Wildman–Crippen MR) is 125 cm³/mol. The molecule has 9 heteroatoms. The van der Waals surface area contributed by atoms with Crippen molar-refractivity contribution in [3.63, 3.8) is 0 Å². The van der Waals surface area contributed by atoms with Crippen molar-refractivity contribution in [3.05, 3.63) is 87.0 Å². The fourth-order valence-electron chi connectivity index (χ4n) is 2.88. The summed E-state index contributed by atoms with van der Waals surface area (Å²) in [6, 6.07) is 18.1. The molecule has 0 fully saturated rings. The molecule has 0 saturated heterocycles. The van der Waals surface area contributed by atoms with Gasteiger partial charge in [-0.3, -0.25) is 14.2 Å². The van der Waals surface area contributed by atoms with Crippen LogP contribution in [-0.2, 0) is 4.79 Å². The van der Waals surface area contributed by atoms with Crippen LogP contribution in [0.2, 0.25) is 0 Å². The second kappa shape index (κ2) is 9.32. The lowest BCUT2D eigenvalue weighted by atomic mass is 10.2. The molecule has 0 aliphatic heterocycles. The summed E-state index contributed by atoms with van der Waals surface area (Å²) in [6.45, 7) is 1.83. The number of hydrogen-bond donors (Lipinski definition) is 1. The number of nitrogens with zero attached hydrogens (tertiary/aromatic N) is 3. The summed E-state index contributed by atoms with van der Waals surface area (Å²) < 4.78 is 7.78. The van der Waals surface area contributed by atoms with Gasteiger partial charge in [0.1, 0.15) is 11.5 Å². The summed E-state index contributed by atoms with van der Waals surface area (Å²) in [4.78, 5) is 30.0. The molecule has 0 saturated carbocycles. The Balaban J connectivity index is 1.58. The standard InChI is InChI=1S/C22H17BrN4O3S/c1-14-6-11-17(30-14)12-24-26-20(28)13-31-22-25-19-5-3-2-4-18(19)21(29)27(22)16-9-7-15(23)8-10-16/h2-12H,13H2,1H3,(H,26,28)/b24-12+. The Morgan fingerprint density at radius 2 is 1.97 bits per heavy atom. The zero-order valence-electron chi connectivity index (χ0n) is 16.4. The van der Waals surface area contributed by atoms with Crippen molar-refractivity contribution in [3.8, 4) is 5.69 Å². The molecule has 4 aromatic rings.